The Balaban J connectivity index is 1.55. The molecule has 0 aromatic heterocycles. The zero-order valence-electron chi connectivity index (χ0n) is 32.9. The van der Waals surface area contributed by atoms with Crippen LogP contribution in [0.4, 0.5) is 0 Å². The molecule has 0 saturated heterocycles. The van der Waals surface area contributed by atoms with Crippen molar-refractivity contribution in [3.05, 3.63) is 194 Å². The van der Waals surface area contributed by atoms with Crippen molar-refractivity contribution in [1.29, 1.82) is 0 Å². The van der Waals surface area contributed by atoms with Gasteiger partial charge < -0.3 is 0 Å². The molecule has 0 heterocycles. The minimum absolute atomic E-state index is 0.0178. The summed E-state index contributed by atoms with van der Waals surface area (Å²) < 4.78 is 66.4. The Morgan fingerprint density at radius 3 is 1.46 bits per heavy atom. The average molecular weight is 616 g/mol. The lowest BCUT2D eigenvalue weighted by atomic mass is 9.83. The average Bonchev–Trinajstić information content (AvgIpc) is 3.24. The molecule has 0 atom stereocenters. The fraction of sp³-hybridized carbons (Fsp3) is 0. The van der Waals surface area contributed by atoms with Gasteiger partial charge in [-0.1, -0.05) is 170 Å². The van der Waals surface area contributed by atoms with Gasteiger partial charge in [0.05, 0.1) is 9.60 Å². The van der Waals surface area contributed by atoms with E-state index in [-0.39, 0.29) is 47.0 Å². The number of fused-ring (bicyclic) bond motifs is 3. The van der Waals surface area contributed by atoms with Crippen molar-refractivity contribution in [2.75, 3.05) is 0 Å². The maximum Gasteiger partial charge on any atom is 0.0636 e. The molecule has 0 heteroatoms. The van der Waals surface area contributed by atoms with Crippen LogP contribution in [0.15, 0.2) is 194 Å². The van der Waals surface area contributed by atoms with Gasteiger partial charge in [-0.2, -0.15) is 0 Å². The quantitative estimate of drug-likeness (QED) is 0.169. The molecule has 9 aromatic rings. The summed E-state index contributed by atoms with van der Waals surface area (Å²) in [6.45, 7) is 0. The summed E-state index contributed by atoms with van der Waals surface area (Å²) in [6.07, 6.45) is 0. The molecule has 224 valence electrons. The minimum Gasteiger partial charge on any atom is -0.0622 e. The van der Waals surface area contributed by atoms with Crippen molar-refractivity contribution in [1.82, 2.24) is 0 Å². The topological polar surface area (TPSA) is 0 Å². The lowest BCUT2D eigenvalue weighted by Gasteiger charge is -2.20. The van der Waals surface area contributed by atoms with Gasteiger partial charge in [0.1, 0.15) is 0 Å². The van der Waals surface area contributed by atoms with Crippen molar-refractivity contribution in [2.24, 2.45) is 0 Å². The summed E-state index contributed by atoms with van der Waals surface area (Å²) in [7, 11) is 0. The molecule has 0 unspecified atom stereocenters. The molecule has 0 saturated carbocycles. The van der Waals surface area contributed by atoms with Crippen LogP contribution in [0.1, 0.15) is 9.60 Å². The standard InChI is InChI=1S/C48H32/c1-4-15-33(16-5-1)38-29-39(34-17-6-2-7-18-34)31-40(30-38)48-44-25-13-12-24-43(44)47(36-20-8-3-9-21-36)46-32-37(27-28-45(46)48)42-26-14-22-35-19-10-11-23-41(35)42/h1-32H/i12D,13D,24D,25D,27D,28D,32D. The highest BCUT2D eigenvalue weighted by atomic mass is 14.2. The largest absolute Gasteiger partial charge is 0.0636 e. The summed E-state index contributed by atoms with van der Waals surface area (Å²) in [5, 5.41) is 2.94. The molecular formula is C48H32. The maximum absolute atomic E-state index is 10.1. The first-order valence-electron chi connectivity index (χ1n) is 19.5. The van der Waals surface area contributed by atoms with Gasteiger partial charge >= 0.3 is 0 Å². The van der Waals surface area contributed by atoms with Crippen LogP contribution in [-0.4, -0.2) is 0 Å². The van der Waals surface area contributed by atoms with Gasteiger partial charge in [-0.3, -0.25) is 0 Å². The minimum atomic E-state index is -0.393. The Labute approximate surface area is 291 Å². The Morgan fingerprint density at radius 2 is 0.812 bits per heavy atom. The second kappa shape index (κ2) is 11.8. The van der Waals surface area contributed by atoms with E-state index in [1.165, 1.54) is 0 Å². The third-order valence-electron chi connectivity index (χ3n) is 9.06. The second-order valence-corrected chi connectivity index (χ2v) is 11.9. The molecule has 9 rings (SSSR count). The first-order chi connectivity index (χ1) is 26.7. The molecule has 0 bridgehead atoms. The van der Waals surface area contributed by atoms with Gasteiger partial charge in [0.15, 0.2) is 0 Å². The summed E-state index contributed by atoms with van der Waals surface area (Å²) in [6, 6.07) is 47.3. The van der Waals surface area contributed by atoms with Crippen molar-refractivity contribution in [3.8, 4) is 55.6 Å². The summed E-state index contributed by atoms with van der Waals surface area (Å²) in [5.74, 6) is 0. The third-order valence-corrected chi connectivity index (χ3v) is 9.06. The Morgan fingerprint density at radius 1 is 0.312 bits per heavy atom. The van der Waals surface area contributed by atoms with E-state index in [0.29, 0.717) is 44.2 Å². The van der Waals surface area contributed by atoms with E-state index >= 15 is 0 Å². The number of hydrogen-bond donors (Lipinski definition) is 0. The van der Waals surface area contributed by atoms with Crippen LogP contribution in [0.3, 0.4) is 0 Å². The SMILES string of the molecule is [2H]c1c([2H])c([2H])c2c(-c3ccccc3)c3c([2H])c(-c4cccc5ccccc45)c([2H])c([2H])c3c(-c3cc(-c4ccccc4)cc(-c4ccccc4)c3)c2c1[2H]. The fourth-order valence-corrected chi connectivity index (χ4v) is 6.85. The third kappa shape index (κ3) is 4.87. The van der Waals surface area contributed by atoms with Gasteiger partial charge in [0.2, 0.25) is 0 Å². The van der Waals surface area contributed by atoms with Crippen molar-refractivity contribution in [2.45, 2.75) is 0 Å². The smallest absolute Gasteiger partial charge is 0.0622 e. The zero-order valence-corrected chi connectivity index (χ0v) is 25.9. The van der Waals surface area contributed by atoms with E-state index in [1.54, 1.807) is 0 Å². The highest BCUT2D eigenvalue weighted by molar-refractivity contribution is 6.22. The monoisotopic (exact) mass is 615 g/mol. The molecule has 0 nitrogen and oxygen atoms in total. The van der Waals surface area contributed by atoms with E-state index in [2.05, 4.69) is 6.07 Å². The molecule has 0 aliphatic heterocycles. The summed E-state index contributed by atoms with van der Waals surface area (Å²) >= 11 is 0. The van der Waals surface area contributed by atoms with Crippen molar-refractivity contribution in [3.63, 3.8) is 0 Å². The van der Waals surface area contributed by atoms with E-state index in [4.69, 9.17) is 2.74 Å². The van der Waals surface area contributed by atoms with E-state index in [1.807, 2.05) is 146 Å². The molecule has 0 amide bonds. The zero-order chi connectivity index (χ0) is 38.0. The highest BCUT2D eigenvalue weighted by Crippen LogP contribution is 2.46. The highest BCUT2D eigenvalue weighted by Gasteiger charge is 2.19. The lowest BCUT2D eigenvalue weighted by Crippen LogP contribution is -1.93. The predicted octanol–water partition coefficient (Wildman–Crippen LogP) is 13.5. The number of rotatable bonds is 5. The van der Waals surface area contributed by atoms with Crippen LogP contribution in [-0.2, 0) is 0 Å². The van der Waals surface area contributed by atoms with E-state index in [0.717, 1.165) is 33.0 Å². The summed E-state index contributed by atoms with van der Waals surface area (Å²) in [5.41, 5.74) is 6.68. The molecule has 0 N–H and O–H groups in total. The van der Waals surface area contributed by atoms with Gasteiger partial charge in [-0.15, -0.1) is 0 Å². The lowest BCUT2D eigenvalue weighted by molar-refractivity contribution is 1.58. The second-order valence-electron chi connectivity index (χ2n) is 11.9. The van der Waals surface area contributed by atoms with Crippen LogP contribution < -0.4 is 0 Å². The molecule has 0 spiro atoms. The van der Waals surface area contributed by atoms with Gasteiger partial charge in [-0.25, -0.2) is 0 Å². The van der Waals surface area contributed by atoms with Crippen LogP contribution >= 0.6 is 0 Å². The van der Waals surface area contributed by atoms with Gasteiger partial charge in [-0.05, 0) is 112 Å². The van der Waals surface area contributed by atoms with Crippen LogP contribution in [0.2, 0.25) is 0 Å². The molecule has 0 fully saturated rings. The Kier molecular flexibility index (Phi) is 5.31. The maximum atomic E-state index is 10.1. The predicted molar refractivity (Wildman–Crippen MR) is 206 cm³/mol. The first kappa shape index (κ1) is 21.5. The fourth-order valence-electron chi connectivity index (χ4n) is 6.85. The van der Waals surface area contributed by atoms with Crippen LogP contribution in [0, 0.1) is 0 Å². The Hall–Kier alpha value is -6.24. The number of hydrogen-bond acceptors (Lipinski definition) is 0. The number of benzene rings is 9. The molecule has 9 aromatic carbocycles. The van der Waals surface area contributed by atoms with Crippen LogP contribution in [0.25, 0.3) is 88.0 Å². The van der Waals surface area contributed by atoms with Crippen molar-refractivity contribution >= 4 is 32.3 Å². The molecule has 0 aliphatic rings. The van der Waals surface area contributed by atoms with Crippen molar-refractivity contribution < 1.29 is 9.60 Å². The molecular weight excluding hydrogens is 577 g/mol. The molecule has 48 heavy (non-hydrogen) atoms. The van der Waals surface area contributed by atoms with Gasteiger partial charge in [0.25, 0.3) is 0 Å². The molecule has 0 radical (unpaired) electrons. The van der Waals surface area contributed by atoms with E-state index < -0.39 is 6.04 Å². The Bertz CT molecular complexity index is 2910. The first-order valence-corrected chi connectivity index (χ1v) is 16.0. The van der Waals surface area contributed by atoms with Crippen LogP contribution in [0.5, 0.6) is 0 Å². The summed E-state index contributed by atoms with van der Waals surface area (Å²) in [4.78, 5) is 0. The molecule has 0 aliphatic carbocycles. The van der Waals surface area contributed by atoms with Gasteiger partial charge in [0, 0.05) is 0 Å². The van der Waals surface area contributed by atoms with E-state index in [9.17, 15) is 6.85 Å². The normalized spacial score (nSPS) is 13.4.